The van der Waals surface area contributed by atoms with Crippen LogP contribution in [0.5, 0.6) is 5.75 Å². The van der Waals surface area contributed by atoms with Gasteiger partial charge in [0.15, 0.2) is 11.6 Å². The van der Waals surface area contributed by atoms with Crippen LogP contribution in [0.2, 0.25) is 0 Å². The second-order valence-corrected chi connectivity index (χ2v) is 6.58. The third-order valence-electron chi connectivity index (χ3n) is 4.75. The largest absolute Gasteiger partial charge is 0.459 e. The summed E-state index contributed by atoms with van der Waals surface area (Å²) in [6.45, 7) is -0.277. The van der Waals surface area contributed by atoms with Crippen molar-refractivity contribution in [1.29, 1.82) is 0 Å². The Kier molecular flexibility index (Phi) is 4.89. The van der Waals surface area contributed by atoms with Gasteiger partial charge in [-0.3, -0.25) is 14.9 Å². The normalized spacial score (nSPS) is 20.1. The number of urea groups is 1. The fourth-order valence-electron chi connectivity index (χ4n) is 3.33. The van der Waals surface area contributed by atoms with E-state index in [4.69, 9.17) is 9.47 Å². The molecular weight excluding hydrogens is 420 g/mol. The van der Waals surface area contributed by atoms with Crippen molar-refractivity contribution in [2.75, 3.05) is 6.61 Å². The molecule has 2 atom stereocenters. The quantitative estimate of drug-likeness (QED) is 0.415. The van der Waals surface area contributed by atoms with Gasteiger partial charge in [0.25, 0.3) is 5.69 Å². The molecule has 158 valence electrons. The molecule has 10 nitrogen and oxygen atoms in total. The molecule has 2 aromatic carbocycles. The molecule has 4 rings (SSSR count). The first-order valence-corrected chi connectivity index (χ1v) is 8.75. The van der Waals surface area contributed by atoms with Crippen molar-refractivity contribution in [2.24, 2.45) is 10.9 Å². The summed E-state index contributed by atoms with van der Waals surface area (Å²) in [7, 11) is 0. The zero-order valence-corrected chi connectivity index (χ0v) is 15.4. The van der Waals surface area contributed by atoms with Crippen molar-refractivity contribution in [3.63, 3.8) is 0 Å². The van der Waals surface area contributed by atoms with Crippen molar-refractivity contribution in [3.05, 3.63) is 69.8 Å². The van der Waals surface area contributed by atoms with Crippen LogP contribution in [-0.4, -0.2) is 40.2 Å². The number of nitro groups is 1. The molecule has 1 saturated heterocycles. The summed E-state index contributed by atoms with van der Waals surface area (Å²) >= 11 is 0. The highest BCUT2D eigenvalue weighted by atomic mass is 19.2. The number of carbonyl (C=O) groups excluding carboxylic acids is 3. The van der Waals surface area contributed by atoms with Crippen molar-refractivity contribution in [3.8, 4) is 5.75 Å². The average molecular weight is 431 g/mol. The predicted octanol–water partition coefficient (Wildman–Crippen LogP) is 3.16. The molecule has 12 heteroatoms. The molecule has 0 saturated carbocycles. The summed E-state index contributed by atoms with van der Waals surface area (Å²) in [5.74, 6) is -4.55. The molecule has 2 heterocycles. The number of carbonyl (C=O) groups is 3. The molecule has 2 unspecified atom stereocenters. The van der Waals surface area contributed by atoms with E-state index in [1.54, 1.807) is 0 Å². The van der Waals surface area contributed by atoms with Gasteiger partial charge in [-0.2, -0.15) is 4.99 Å². The van der Waals surface area contributed by atoms with Crippen LogP contribution in [-0.2, 0) is 9.53 Å². The minimum atomic E-state index is -1.39. The van der Waals surface area contributed by atoms with Gasteiger partial charge in [0.1, 0.15) is 18.3 Å². The third-order valence-corrected chi connectivity index (χ3v) is 4.75. The van der Waals surface area contributed by atoms with E-state index in [9.17, 15) is 33.3 Å². The molecule has 2 aromatic rings. The fourth-order valence-corrected chi connectivity index (χ4v) is 3.33. The van der Waals surface area contributed by atoms with Crippen LogP contribution in [0.15, 0.2) is 47.5 Å². The Bertz CT molecular complexity index is 1150. The molecule has 0 radical (unpaired) electrons. The number of non-ortho nitro benzene ring substituents is 1. The van der Waals surface area contributed by atoms with Gasteiger partial charge in [-0.15, -0.1) is 0 Å². The van der Waals surface area contributed by atoms with E-state index >= 15 is 0 Å². The number of nitrogens with zero attached hydrogens (tertiary/aromatic N) is 3. The van der Waals surface area contributed by atoms with E-state index in [2.05, 4.69) is 4.99 Å². The zero-order chi connectivity index (χ0) is 22.3. The predicted molar refractivity (Wildman–Crippen MR) is 97.3 cm³/mol. The van der Waals surface area contributed by atoms with Crippen LogP contribution < -0.4 is 4.74 Å². The number of cyclic esters (lactones) is 1. The van der Waals surface area contributed by atoms with E-state index < -0.39 is 46.6 Å². The van der Waals surface area contributed by atoms with Crippen molar-refractivity contribution in [2.45, 2.75) is 6.04 Å². The number of amides is 3. The topological polar surface area (TPSA) is 128 Å². The van der Waals surface area contributed by atoms with Gasteiger partial charge in [-0.1, -0.05) is 6.07 Å². The van der Waals surface area contributed by atoms with Crippen molar-refractivity contribution < 1.29 is 37.6 Å². The second-order valence-electron chi connectivity index (χ2n) is 6.58. The highest BCUT2D eigenvalue weighted by Crippen LogP contribution is 2.38. The number of hydrogen-bond donors (Lipinski definition) is 0. The van der Waals surface area contributed by atoms with Crippen molar-refractivity contribution in [1.82, 2.24) is 4.90 Å². The Balaban J connectivity index is 1.71. The number of hydrogen-bond acceptors (Lipinski definition) is 7. The van der Waals surface area contributed by atoms with E-state index in [1.165, 1.54) is 0 Å². The Morgan fingerprint density at radius 3 is 2.52 bits per heavy atom. The Hall–Kier alpha value is -4.22. The molecular formula is C19H11F2N3O7. The molecule has 0 spiro atoms. The SMILES string of the molecule is O=C1OCC2=NC(=O)N(C(=O)Oc3ccc([N+](=O)[O-])cc3)C(c3ccc(F)c(F)c3)C12. The number of imide groups is 1. The number of aliphatic imine (C=N–C) groups is 1. The zero-order valence-electron chi connectivity index (χ0n) is 15.4. The summed E-state index contributed by atoms with van der Waals surface area (Å²) in [6, 6.07) is 4.62. The maximum atomic E-state index is 13.9. The van der Waals surface area contributed by atoms with Crippen LogP contribution in [0.1, 0.15) is 11.6 Å². The Morgan fingerprint density at radius 1 is 1.16 bits per heavy atom. The number of rotatable bonds is 3. The maximum absolute atomic E-state index is 13.9. The number of ether oxygens (including phenoxy) is 2. The first-order valence-electron chi connectivity index (χ1n) is 8.75. The van der Waals surface area contributed by atoms with Gasteiger partial charge in [-0.25, -0.2) is 23.3 Å². The minimum absolute atomic E-state index is 0.0455. The molecule has 0 aliphatic carbocycles. The molecule has 2 aliphatic rings. The van der Waals surface area contributed by atoms with E-state index in [0.29, 0.717) is 4.90 Å². The van der Waals surface area contributed by atoms with Gasteiger partial charge in [0.2, 0.25) is 0 Å². The van der Waals surface area contributed by atoms with Crippen LogP contribution in [0.4, 0.5) is 24.1 Å². The molecule has 3 amide bonds. The molecule has 0 bridgehead atoms. The first kappa shape index (κ1) is 20.1. The second kappa shape index (κ2) is 7.55. The van der Waals surface area contributed by atoms with Gasteiger partial charge in [0, 0.05) is 12.1 Å². The number of nitro benzene ring substituents is 1. The molecule has 0 N–H and O–H groups in total. The van der Waals surface area contributed by atoms with Crippen molar-refractivity contribution >= 4 is 29.5 Å². The van der Waals surface area contributed by atoms with Crippen LogP contribution >= 0.6 is 0 Å². The summed E-state index contributed by atoms with van der Waals surface area (Å²) < 4.78 is 37.3. The summed E-state index contributed by atoms with van der Waals surface area (Å²) in [5.41, 5.74) is -0.260. The highest BCUT2D eigenvalue weighted by molar-refractivity contribution is 6.15. The van der Waals surface area contributed by atoms with E-state index in [-0.39, 0.29) is 29.3 Å². The standard InChI is InChI=1S/C19H11F2N3O7/c20-12-6-1-9(7-13(12)21)16-15-14(8-30-17(15)25)22-18(26)23(16)19(27)31-11-4-2-10(3-5-11)24(28)29/h1-7,15-16H,8H2. The molecule has 2 aliphatic heterocycles. The summed E-state index contributed by atoms with van der Waals surface area (Å²) in [6.07, 6.45) is -1.27. The lowest BCUT2D eigenvalue weighted by Crippen LogP contribution is -2.49. The number of benzene rings is 2. The van der Waals surface area contributed by atoms with E-state index in [1.807, 2.05) is 0 Å². The Labute approximate surface area is 171 Å². The summed E-state index contributed by atoms with van der Waals surface area (Å²) in [4.78, 5) is 51.9. The number of fused-ring (bicyclic) bond motifs is 1. The van der Waals surface area contributed by atoms with E-state index in [0.717, 1.165) is 42.5 Å². The van der Waals surface area contributed by atoms with Crippen LogP contribution in [0.25, 0.3) is 0 Å². The van der Waals surface area contributed by atoms with Crippen LogP contribution in [0.3, 0.4) is 0 Å². The van der Waals surface area contributed by atoms with Gasteiger partial charge >= 0.3 is 18.1 Å². The Morgan fingerprint density at radius 2 is 1.87 bits per heavy atom. The van der Waals surface area contributed by atoms with Gasteiger partial charge in [-0.05, 0) is 29.8 Å². The van der Waals surface area contributed by atoms with Gasteiger partial charge < -0.3 is 9.47 Å². The minimum Gasteiger partial charge on any atom is -0.459 e. The van der Waals surface area contributed by atoms with Gasteiger partial charge in [0.05, 0.1) is 16.7 Å². The van der Waals surface area contributed by atoms with Crippen LogP contribution in [0, 0.1) is 27.7 Å². The summed E-state index contributed by atoms with van der Waals surface area (Å²) in [5, 5.41) is 10.7. The fraction of sp³-hybridized carbons (Fsp3) is 0.158. The first-order chi connectivity index (χ1) is 14.8. The average Bonchev–Trinajstić information content (AvgIpc) is 3.09. The monoisotopic (exact) mass is 431 g/mol. The highest BCUT2D eigenvalue weighted by Gasteiger charge is 2.51. The maximum Gasteiger partial charge on any atom is 0.424 e. The molecule has 31 heavy (non-hydrogen) atoms. The third kappa shape index (κ3) is 3.58. The lowest BCUT2D eigenvalue weighted by Gasteiger charge is -2.33. The number of halogens is 2. The number of esters is 1. The smallest absolute Gasteiger partial charge is 0.424 e. The molecule has 0 aromatic heterocycles. The molecule has 1 fully saturated rings. The lowest BCUT2D eigenvalue weighted by molar-refractivity contribution is -0.384. The lowest BCUT2D eigenvalue weighted by atomic mass is 9.88.